The normalized spacial score (nSPS) is 13.0. The molecule has 2 aromatic rings. The number of alkyl halides is 1. The summed E-state index contributed by atoms with van der Waals surface area (Å²) in [6.45, 7) is 7.00. The highest BCUT2D eigenvalue weighted by molar-refractivity contribution is 5.56. The molecule has 0 amide bonds. The van der Waals surface area contributed by atoms with Crippen LogP contribution in [0.5, 0.6) is 11.5 Å². The number of nitrogens with zero attached hydrogens (tertiary/aromatic N) is 2. The Kier molecular flexibility index (Phi) is 12.0. The summed E-state index contributed by atoms with van der Waals surface area (Å²) in [6, 6.07) is 7.77. The van der Waals surface area contributed by atoms with Crippen molar-refractivity contribution in [3.05, 3.63) is 36.7 Å². The SMILES string of the molecule is CCCCCCCCOc1ccc(-c2ncc(OC(F)[C@@H](C)CCCCC)cn2)cc1. The second-order valence-electron chi connectivity index (χ2n) is 8.33. The van der Waals surface area contributed by atoms with Gasteiger partial charge in [0.1, 0.15) is 5.75 Å². The lowest BCUT2D eigenvalue weighted by Crippen LogP contribution is -2.20. The van der Waals surface area contributed by atoms with Gasteiger partial charge in [-0.1, -0.05) is 72.1 Å². The van der Waals surface area contributed by atoms with Crippen LogP contribution < -0.4 is 9.47 Å². The van der Waals surface area contributed by atoms with E-state index in [0.717, 1.165) is 50.0 Å². The molecule has 0 saturated heterocycles. The maximum absolute atomic E-state index is 14.3. The van der Waals surface area contributed by atoms with Crippen LogP contribution in [0.25, 0.3) is 11.4 Å². The molecule has 0 aliphatic heterocycles. The predicted octanol–water partition coefficient (Wildman–Crippen LogP) is 7.77. The van der Waals surface area contributed by atoms with E-state index in [4.69, 9.17) is 9.47 Å². The molecular formula is C26H39FN2O2. The third kappa shape index (κ3) is 9.67. The summed E-state index contributed by atoms with van der Waals surface area (Å²) >= 11 is 0. The van der Waals surface area contributed by atoms with Gasteiger partial charge < -0.3 is 9.47 Å². The van der Waals surface area contributed by atoms with E-state index >= 15 is 0 Å². The first kappa shape index (κ1) is 25.1. The highest BCUT2D eigenvalue weighted by atomic mass is 19.1. The fourth-order valence-electron chi connectivity index (χ4n) is 3.39. The predicted molar refractivity (Wildman–Crippen MR) is 125 cm³/mol. The molecule has 172 valence electrons. The minimum Gasteiger partial charge on any atom is -0.494 e. The number of hydrogen-bond acceptors (Lipinski definition) is 4. The second-order valence-corrected chi connectivity index (χ2v) is 8.33. The number of ether oxygens (including phenoxy) is 2. The third-order valence-corrected chi connectivity index (χ3v) is 5.47. The van der Waals surface area contributed by atoms with Crippen molar-refractivity contribution >= 4 is 0 Å². The lowest BCUT2D eigenvalue weighted by molar-refractivity contribution is 0.0143. The summed E-state index contributed by atoms with van der Waals surface area (Å²) in [7, 11) is 0. The Morgan fingerprint density at radius 1 is 0.806 bits per heavy atom. The van der Waals surface area contributed by atoms with Crippen LogP contribution in [0.2, 0.25) is 0 Å². The van der Waals surface area contributed by atoms with Crippen LogP contribution in [0.1, 0.15) is 85.0 Å². The van der Waals surface area contributed by atoms with E-state index in [1.807, 2.05) is 31.2 Å². The van der Waals surface area contributed by atoms with E-state index in [-0.39, 0.29) is 5.92 Å². The molecule has 0 aliphatic rings. The molecule has 0 N–H and O–H groups in total. The molecule has 1 unspecified atom stereocenters. The number of rotatable bonds is 16. The van der Waals surface area contributed by atoms with E-state index in [1.54, 1.807) is 0 Å². The largest absolute Gasteiger partial charge is 0.494 e. The average molecular weight is 431 g/mol. The number of hydrogen-bond donors (Lipinski definition) is 0. The topological polar surface area (TPSA) is 44.2 Å². The Morgan fingerprint density at radius 2 is 1.42 bits per heavy atom. The average Bonchev–Trinajstić information content (AvgIpc) is 2.79. The Hall–Kier alpha value is -2.17. The molecule has 0 fully saturated rings. The minimum absolute atomic E-state index is 0.143. The molecule has 0 aliphatic carbocycles. The Morgan fingerprint density at radius 3 is 2.10 bits per heavy atom. The van der Waals surface area contributed by atoms with Gasteiger partial charge in [-0.05, 0) is 37.1 Å². The standard InChI is InChI=1S/C26H39FN2O2/c1-4-6-8-9-10-12-18-30-23-16-14-22(15-17-23)26-28-19-24(20-29-26)31-25(27)21(3)13-11-7-5-2/h14-17,19-21,25H,4-13,18H2,1-3H3/t21-,25?/m0/s1. The van der Waals surface area contributed by atoms with Gasteiger partial charge in [0.15, 0.2) is 11.6 Å². The van der Waals surface area contributed by atoms with Gasteiger partial charge in [0.25, 0.3) is 0 Å². The molecule has 2 atom stereocenters. The number of benzene rings is 1. The summed E-state index contributed by atoms with van der Waals surface area (Å²) < 4.78 is 25.5. The van der Waals surface area contributed by atoms with Crippen LogP contribution in [-0.2, 0) is 0 Å². The first-order valence-corrected chi connectivity index (χ1v) is 12.0. The molecule has 0 bridgehead atoms. The Balaban J connectivity index is 1.76. The van der Waals surface area contributed by atoms with Crippen LogP contribution in [0, 0.1) is 5.92 Å². The summed E-state index contributed by atoms with van der Waals surface area (Å²) in [6.07, 6.45) is 13.3. The van der Waals surface area contributed by atoms with E-state index in [2.05, 4.69) is 23.8 Å². The molecule has 31 heavy (non-hydrogen) atoms. The zero-order chi connectivity index (χ0) is 22.3. The van der Waals surface area contributed by atoms with E-state index < -0.39 is 6.36 Å². The lowest BCUT2D eigenvalue weighted by Gasteiger charge is -2.17. The van der Waals surface area contributed by atoms with Crippen molar-refractivity contribution in [1.29, 1.82) is 0 Å². The smallest absolute Gasteiger partial charge is 0.241 e. The molecule has 0 radical (unpaired) electrons. The van der Waals surface area contributed by atoms with E-state index in [0.29, 0.717) is 11.6 Å². The van der Waals surface area contributed by atoms with E-state index in [9.17, 15) is 4.39 Å². The Labute approximate surface area is 187 Å². The fraction of sp³-hybridized carbons (Fsp3) is 0.615. The fourth-order valence-corrected chi connectivity index (χ4v) is 3.39. The van der Waals surface area contributed by atoms with Gasteiger partial charge in [0, 0.05) is 11.5 Å². The van der Waals surface area contributed by atoms with Gasteiger partial charge in [0.05, 0.1) is 19.0 Å². The van der Waals surface area contributed by atoms with Crippen molar-refractivity contribution in [2.24, 2.45) is 5.92 Å². The molecule has 2 rings (SSSR count). The maximum atomic E-state index is 14.3. The minimum atomic E-state index is -1.34. The summed E-state index contributed by atoms with van der Waals surface area (Å²) in [5, 5.41) is 0. The van der Waals surface area contributed by atoms with Gasteiger partial charge in [-0.25, -0.2) is 14.4 Å². The summed E-state index contributed by atoms with van der Waals surface area (Å²) in [5.41, 5.74) is 0.892. The van der Waals surface area contributed by atoms with Crippen molar-refractivity contribution in [2.45, 2.75) is 91.3 Å². The number of unbranched alkanes of at least 4 members (excludes halogenated alkanes) is 7. The quantitative estimate of drug-likeness (QED) is 0.255. The zero-order valence-corrected chi connectivity index (χ0v) is 19.5. The molecule has 0 saturated carbocycles. The lowest BCUT2D eigenvalue weighted by atomic mass is 10.0. The van der Waals surface area contributed by atoms with Gasteiger partial charge >= 0.3 is 0 Å². The number of aromatic nitrogens is 2. The van der Waals surface area contributed by atoms with Crippen molar-refractivity contribution in [3.63, 3.8) is 0 Å². The molecule has 1 aromatic heterocycles. The molecule has 5 heteroatoms. The van der Waals surface area contributed by atoms with Crippen molar-refractivity contribution < 1.29 is 13.9 Å². The second kappa shape index (κ2) is 14.8. The zero-order valence-electron chi connectivity index (χ0n) is 19.5. The van der Waals surface area contributed by atoms with Gasteiger partial charge in [-0.3, -0.25) is 0 Å². The van der Waals surface area contributed by atoms with Crippen molar-refractivity contribution in [3.8, 4) is 22.9 Å². The maximum Gasteiger partial charge on any atom is 0.241 e. The monoisotopic (exact) mass is 430 g/mol. The van der Waals surface area contributed by atoms with E-state index in [1.165, 1.54) is 44.5 Å². The van der Waals surface area contributed by atoms with Crippen LogP contribution in [0.3, 0.4) is 0 Å². The molecule has 1 heterocycles. The molecule has 4 nitrogen and oxygen atoms in total. The summed E-state index contributed by atoms with van der Waals surface area (Å²) in [5.74, 6) is 1.66. The van der Waals surface area contributed by atoms with Gasteiger partial charge in [-0.2, -0.15) is 0 Å². The highest BCUT2D eigenvalue weighted by Gasteiger charge is 2.18. The van der Waals surface area contributed by atoms with Gasteiger partial charge in [0.2, 0.25) is 6.36 Å². The first-order valence-electron chi connectivity index (χ1n) is 12.0. The van der Waals surface area contributed by atoms with Crippen LogP contribution in [0.15, 0.2) is 36.7 Å². The molecule has 1 aromatic carbocycles. The highest BCUT2D eigenvalue weighted by Crippen LogP contribution is 2.23. The summed E-state index contributed by atoms with van der Waals surface area (Å²) in [4.78, 5) is 8.67. The van der Waals surface area contributed by atoms with Crippen LogP contribution in [-0.4, -0.2) is 22.9 Å². The third-order valence-electron chi connectivity index (χ3n) is 5.47. The van der Waals surface area contributed by atoms with Crippen molar-refractivity contribution in [1.82, 2.24) is 9.97 Å². The Bertz CT molecular complexity index is 706. The van der Waals surface area contributed by atoms with Crippen LogP contribution in [0.4, 0.5) is 4.39 Å². The van der Waals surface area contributed by atoms with Gasteiger partial charge in [-0.15, -0.1) is 0 Å². The number of halogens is 1. The first-order chi connectivity index (χ1) is 15.1. The van der Waals surface area contributed by atoms with Crippen molar-refractivity contribution in [2.75, 3.05) is 6.61 Å². The molecular weight excluding hydrogens is 391 g/mol. The van der Waals surface area contributed by atoms with Crippen LogP contribution >= 0.6 is 0 Å². The molecule has 0 spiro atoms.